The number of nitrogens with zero attached hydrogens (tertiary/aromatic N) is 4. The minimum absolute atomic E-state index is 0.260. The molecule has 338 valence electrons. The Morgan fingerprint density at radius 2 is 1.33 bits per heavy atom. The third-order valence-corrected chi connectivity index (χ3v) is 14.5. The zero-order valence-corrected chi connectivity index (χ0v) is 37.7. The van der Waals surface area contributed by atoms with E-state index in [0.717, 1.165) is 134 Å². The second-order valence-corrected chi connectivity index (χ2v) is 18.4. The van der Waals surface area contributed by atoms with Gasteiger partial charge in [-0.3, -0.25) is 19.2 Å². The van der Waals surface area contributed by atoms with Crippen LogP contribution in [0.5, 0.6) is 11.8 Å². The van der Waals surface area contributed by atoms with Crippen LogP contribution < -0.4 is 9.47 Å². The first-order valence-corrected chi connectivity index (χ1v) is 23.9. The van der Waals surface area contributed by atoms with Gasteiger partial charge in [-0.1, -0.05) is 52.9 Å². The Morgan fingerprint density at radius 1 is 0.672 bits per heavy atom. The van der Waals surface area contributed by atoms with Crippen LogP contribution in [0.1, 0.15) is 199 Å². The number of carboxylic acid groups (broad SMARTS) is 1. The van der Waals surface area contributed by atoms with E-state index in [1.807, 2.05) is 25.1 Å². The lowest BCUT2D eigenvalue weighted by atomic mass is 9.48. The van der Waals surface area contributed by atoms with E-state index in [2.05, 4.69) is 34.2 Å². The maximum atomic E-state index is 13.7. The maximum Gasteiger partial charge on any atom is 0.312 e. The van der Waals surface area contributed by atoms with Gasteiger partial charge in [-0.05, 0) is 127 Å². The molecular formula is C49H74N4O8. The Labute approximate surface area is 364 Å². The van der Waals surface area contributed by atoms with Crippen molar-refractivity contribution < 1.29 is 38.5 Å². The normalized spacial score (nSPS) is 26.3. The fourth-order valence-electron chi connectivity index (χ4n) is 10.8. The summed E-state index contributed by atoms with van der Waals surface area (Å²) >= 11 is 0. The van der Waals surface area contributed by atoms with E-state index < -0.39 is 11.4 Å². The van der Waals surface area contributed by atoms with Crippen molar-refractivity contribution >= 4 is 23.5 Å². The number of aliphatic carboxylic acids is 1. The summed E-state index contributed by atoms with van der Waals surface area (Å²) < 4.78 is 16.7. The van der Waals surface area contributed by atoms with Crippen LogP contribution in [0, 0.1) is 23.2 Å². The SMILES string of the molecule is CCCCC(=O)C1(C2(c3ccc(OC)nn3)CCCCC2)CCC(C(=O)O)CC1.CCCCC(=O)C1CCC(COC2CCC(c3ccc(OC(=O)CCC)nn3)CC2)CC1. The molecule has 0 aromatic carbocycles. The highest BCUT2D eigenvalue weighted by molar-refractivity contribution is 5.87. The van der Waals surface area contributed by atoms with Gasteiger partial charge in [-0.25, -0.2) is 0 Å². The lowest BCUT2D eigenvalue weighted by Crippen LogP contribution is -2.54. The van der Waals surface area contributed by atoms with Crippen LogP contribution in [0.3, 0.4) is 0 Å². The first-order valence-electron chi connectivity index (χ1n) is 23.9. The number of methoxy groups -OCH3 is 1. The molecule has 0 saturated heterocycles. The number of hydrogen-bond acceptors (Lipinski definition) is 11. The predicted molar refractivity (Wildman–Crippen MR) is 233 cm³/mol. The predicted octanol–water partition coefficient (Wildman–Crippen LogP) is 10.5. The number of carboxylic acids is 1. The molecule has 4 fully saturated rings. The van der Waals surface area contributed by atoms with Gasteiger partial charge in [0.1, 0.15) is 11.6 Å². The van der Waals surface area contributed by atoms with Crippen molar-refractivity contribution in [2.24, 2.45) is 23.2 Å². The zero-order chi connectivity index (χ0) is 43.7. The molecule has 0 bridgehead atoms. The van der Waals surface area contributed by atoms with Crippen molar-refractivity contribution in [2.45, 2.75) is 199 Å². The molecule has 0 aliphatic heterocycles. The first kappa shape index (κ1) is 48.2. The molecule has 12 heteroatoms. The number of Topliss-reactive ketones (excluding diaryl/α,β-unsaturated/α-hetero) is 2. The number of ketones is 2. The van der Waals surface area contributed by atoms with Crippen LogP contribution in [0.25, 0.3) is 0 Å². The van der Waals surface area contributed by atoms with Crippen molar-refractivity contribution in [1.29, 1.82) is 0 Å². The molecule has 4 aliphatic rings. The first-order chi connectivity index (χ1) is 29.6. The molecule has 4 saturated carbocycles. The van der Waals surface area contributed by atoms with Gasteiger partial charge in [0, 0.05) is 60.7 Å². The Morgan fingerprint density at radius 3 is 1.90 bits per heavy atom. The van der Waals surface area contributed by atoms with Crippen molar-refractivity contribution in [3.8, 4) is 11.8 Å². The summed E-state index contributed by atoms with van der Waals surface area (Å²) in [5.41, 5.74) is 0.984. The van der Waals surface area contributed by atoms with Crippen LogP contribution in [0.15, 0.2) is 24.3 Å². The number of carbonyl (C=O) groups excluding carboxylic acids is 3. The van der Waals surface area contributed by atoms with E-state index in [0.29, 0.717) is 79.8 Å². The van der Waals surface area contributed by atoms with Gasteiger partial charge in [-0.15, -0.1) is 10.2 Å². The molecule has 61 heavy (non-hydrogen) atoms. The molecule has 4 aliphatic carbocycles. The largest absolute Gasteiger partial charge is 0.481 e. The highest BCUT2D eigenvalue weighted by atomic mass is 16.5. The van der Waals surface area contributed by atoms with Gasteiger partial charge in [0.2, 0.25) is 11.8 Å². The summed E-state index contributed by atoms with van der Waals surface area (Å²) in [4.78, 5) is 49.1. The lowest BCUT2D eigenvalue weighted by Gasteiger charge is -2.54. The molecule has 2 aromatic rings. The number of esters is 1. The molecule has 6 rings (SSSR count). The van der Waals surface area contributed by atoms with Gasteiger partial charge in [0.05, 0.1) is 30.5 Å². The third kappa shape index (κ3) is 12.9. The minimum Gasteiger partial charge on any atom is -0.481 e. The average Bonchev–Trinajstić information content (AvgIpc) is 3.30. The summed E-state index contributed by atoms with van der Waals surface area (Å²) in [6.07, 6.45) is 22.9. The maximum absolute atomic E-state index is 13.7. The van der Waals surface area contributed by atoms with Crippen LogP contribution >= 0.6 is 0 Å². The zero-order valence-electron chi connectivity index (χ0n) is 37.7. The molecular weight excluding hydrogens is 773 g/mol. The number of aromatic nitrogens is 4. The van der Waals surface area contributed by atoms with Crippen molar-refractivity contribution in [3.05, 3.63) is 35.7 Å². The monoisotopic (exact) mass is 847 g/mol. The second-order valence-electron chi connectivity index (χ2n) is 18.4. The fourth-order valence-corrected chi connectivity index (χ4v) is 10.8. The minimum atomic E-state index is -0.735. The smallest absolute Gasteiger partial charge is 0.312 e. The summed E-state index contributed by atoms with van der Waals surface area (Å²) in [6.45, 7) is 7.03. The molecule has 12 nitrogen and oxygen atoms in total. The van der Waals surface area contributed by atoms with Crippen LogP contribution in [-0.4, -0.2) is 68.8 Å². The highest BCUT2D eigenvalue weighted by Gasteiger charge is 2.58. The van der Waals surface area contributed by atoms with Crippen molar-refractivity contribution in [2.75, 3.05) is 13.7 Å². The molecule has 0 amide bonds. The number of rotatable bonds is 19. The summed E-state index contributed by atoms with van der Waals surface area (Å²) in [7, 11) is 1.57. The summed E-state index contributed by atoms with van der Waals surface area (Å²) in [6, 6.07) is 7.51. The molecule has 0 unspecified atom stereocenters. The van der Waals surface area contributed by atoms with Crippen LogP contribution in [0.2, 0.25) is 0 Å². The quantitative estimate of drug-likeness (QED) is 0.133. The number of hydrogen-bond donors (Lipinski definition) is 1. The third-order valence-electron chi connectivity index (χ3n) is 14.5. The lowest BCUT2D eigenvalue weighted by molar-refractivity contribution is -0.149. The average molecular weight is 847 g/mol. The van der Waals surface area contributed by atoms with E-state index in [9.17, 15) is 24.3 Å². The van der Waals surface area contributed by atoms with E-state index in [1.165, 1.54) is 6.42 Å². The van der Waals surface area contributed by atoms with Gasteiger partial charge in [0.15, 0.2) is 0 Å². The number of unbranched alkanes of at least 4 members (excludes halogenated alkanes) is 2. The summed E-state index contributed by atoms with van der Waals surface area (Å²) in [5.74, 6) is 1.52. The van der Waals surface area contributed by atoms with Gasteiger partial charge < -0.3 is 19.3 Å². The Balaban J connectivity index is 0.000000232. The Bertz CT molecular complexity index is 1650. The van der Waals surface area contributed by atoms with E-state index in [-0.39, 0.29) is 23.2 Å². The van der Waals surface area contributed by atoms with Gasteiger partial charge >= 0.3 is 11.9 Å². The Kier molecular flexibility index (Phi) is 19.1. The van der Waals surface area contributed by atoms with Crippen molar-refractivity contribution in [1.82, 2.24) is 20.4 Å². The van der Waals surface area contributed by atoms with E-state index in [4.69, 9.17) is 14.2 Å². The van der Waals surface area contributed by atoms with Gasteiger partial charge in [-0.2, -0.15) is 10.2 Å². The fraction of sp³-hybridized carbons (Fsp3) is 0.755. The molecule has 0 atom stereocenters. The topological polar surface area (TPSA) is 168 Å². The molecule has 0 radical (unpaired) electrons. The molecule has 2 heterocycles. The standard InChI is InChI=1S/C26H40N2O4.C23H34N2O4/c1-3-5-7-24(29)21-10-8-19(9-11-21)18-31-22-14-12-20(13-15-22)23-16-17-25(28-27-23)32-26(30)6-4-2;1-3-4-8-19(26)23(15-11-17(12-16-23)21(27)28)22(13-6-5-7-14-22)18-9-10-20(29-2)25-24-18/h16-17,19-22H,3-15,18H2,1-2H3;9-10,17H,3-8,11-16H2,1-2H3,(H,27,28). The van der Waals surface area contributed by atoms with E-state index >= 15 is 0 Å². The van der Waals surface area contributed by atoms with Crippen LogP contribution in [0.4, 0.5) is 0 Å². The molecule has 0 spiro atoms. The van der Waals surface area contributed by atoms with Crippen LogP contribution in [-0.2, 0) is 29.3 Å². The summed E-state index contributed by atoms with van der Waals surface area (Å²) in [5, 5.41) is 26.7. The van der Waals surface area contributed by atoms with Gasteiger partial charge in [0.25, 0.3) is 0 Å². The second kappa shape index (κ2) is 24.2. The van der Waals surface area contributed by atoms with E-state index in [1.54, 1.807) is 13.2 Å². The Hall–Kier alpha value is -3.80. The number of ether oxygens (including phenoxy) is 3. The molecule has 2 aromatic heterocycles. The molecule has 1 N–H and O–H groups in total. The highest BCUT2D eigenvalue weighted by Crippen LogP contribution is 2.59. The number of carbonyl (C=O) groups is 4. The van der Waals surface area contributed by atoms with Crippen molar-refractivity contribution in [3.63, 3.8) is 0 Å².